The molecule has 130 valence electrons. The van der Waals surface area contributed by atoms with Crippen LogP contribution in [0.15, 0.2) is 22.7 Å². The molecule has 1 heterocycles. The molecule has 1 fully saturated rings. The van der Waals surface area contributed by atoms with E-state index >= 15 is 0 Å². The minimum Gasteiger partial charge on any atom is -0.491 e. The summed E-state index contributed by atoms with van der Waals surface area (Å²) >= 11 is 3.57. The van der Waals surface area contributed by atoms with Gasteiger partial charge in [-0.15, -0.1) is 0 Å². The van der Waals surface area contributed by atoms with Gasteiger partial charge in [0.05, 0.1) is 6.61 Å². The molecule has 0 amide bonds. The van der Waals surface area contributed by atoms with Gasteiger partial charge in [0, 0.05) is 42.3 Å². The van der Waals surface area contributed by atoms with Crippen molar-refractivity contribution in [1.82, 2.24) is 4.90 Å². The number of nitrogens with two attached hydrogens (primary N) is 1. The third-order valence-electron chi connectivity index (χ3n) is 4.50. The van der Waals surface area contributed by atoms with Crippen molar-refractivity contribution in [2.75, 3.05) is 32.9 Å². The summed E-state index contributed by atoms with van der Waals surface area (Å²) in [5, 5.41) is 0. The summed E-state index contributed by atoms with van der Waals surface area (Å²) < 4.78 is 12.3. The molecule has 1 aliphatic heterocycles. The fourth-order valence-corrected chi connectivity index (χ4v) is 3.44. The first-order valence-electron chi connectivity index (χ1n) is 8.39. The van der Waals surface area contributed by atoms with E-state index in [-0.39, 0.29) is 11.5 Å². The molecule has 1 aliphatic rings. The number of halogens is 1. The second kappa shape index (κ2) is 8.47. The summed E-state index contributed by atoms with van der Waals surface area (Å²) in [7, 11) is 0. The Labute approximate surface area is 148 Å². The topological polar surface area (TPSA) is 47.7 Å². The molecule has 0 spiro atoms. The monoisotopic (exact) mass is 384 g/mol. The number of rotatable bonds is 7. The quantitative estimate of drug-likeness (QED) is 0.731. The van der Waals surface area contributed by atoms with Gasteiger partial charge in [0.1, 0.15) is 12.4 Å². The van der Waals surface area contributed by atoms with E-state index in [1.54, 1.807) is 0 Å². The highest BCUT2D eigenvalue weighted by atomic mass is 79.9. The maximum absolute atomic E-state index is 6.24. The summed E-state index contributed by atoms with van der Waals surface area (Å²) in [6.07, 6.45) is 1.04. The van der Waals surface area contributed by atoms with Crippen LogP contribution < -0.4 is 10.5 Å². The van der Waals surface area contributed by atoms with Crippen LogP contribution in [0.4, 0.5) is 0 Å². The maximum Gasteiger partial charge on any atom is 0.123 e. The Morgan fingerprint density at radius 2 is 2.13 bits per heavy atom. The lowest BCUT2D eigenvalue weighted by atomic mass is 9.79. The maximum atomic E-state index is 6.24. The Kier molecular flexibility index (Phi) is 6.89. The van der Waals surface area contributed by atoms with Crippen LogP contribution in [0.1, 0.15) is 32.8 Å². The Balaban J connectivity index is 2.02. The van der Waals surface area contributed by atoms with Gasteiger partial charge in [-0.1, -0.05) is 29.8 Å². The van der Waals surface area contributed by atoms with E-state index in [4.69, 9.17) is 15.2 Å². The third kappa shape index (κ3) is 5.45. The molecular formula is C18H29BrN2O2. The van der Waals surface area contributed by atoms with Gasteiger partial charge in [-0.25, -0.2) is 0 Å². The number of piperidine rings is 1. The average Bonchev–Trinajstić information content (AvgIpc) is 2.49. The molecule has 1 aromatic carbocycles. The molecule has 2 N–H and O–H groups in total. The van der Waals surface area contributed by atoms with Gasteiger partial charge in [0.25, 0.3) is 0 Å². The van der Waals surface area contributed by atoms with Crippen molar-refractivity contribution in [3.8, 4) is 5.75 Å². The molecule has 1 unspecified atom stereocenters. The van der Waals surface area contributed by atoms with Gasteiger partial charge in [-0.2, -0.15) is 0 Å². The van der Waals surface area contributed by atoms with Crippen molar-refractivity contribution in [2.45, 2.75) is 39.8 Å². The van der Waals surface area contributed by atoms with E-state index in [2.05, 4.69) is 40.7 Å². The van der Waals surface area contributed by atoms with Crippen molar-refractivity contribution in [2.24, 2.45) is 11.1 Å². The van der Waals surface area contributed by atoms with Crippen molar-refractivity contribution in [3.05, 3.63) is 28.2 Å². The predicted molar refractivity (Wildman–Crippen MR) is 97.8 cm³/mol. The van der Waals surface area contributed by atoms with Gasteiger partial charge in [0.15, 0.2) is 0 Å². The Morgan fingerprint density at radius 1 is 1.35 bits per heavy atom. The van der Waals surface area contributed by atoms with Crippen LogP contribution in [0, 0.1) is 5.41 Å². The largest absolute Gasteiger partial charge is 0.491 e. The molecule has 1 saturated heterocycles. The number of ether oxygens (including phenoxy) is 2. The van der Waals surface area contributed by atoms with Crippen molar-refractivity contribution in [1.29, 1.82) is 0 Å². The Morgan fingerprint density at radius 3 is 2.83 bits per heavy atom. The molecule has 0 saturated carbocycles. The predicted octanol–water partition coefficient (Wildman–Crippen LogP) is 3.42. The van der Waals surface area contributed by atoms with E-state index in [1.165, 1.54) is 5.56 Å². The summed E-state index contributed by atoms with van der Waals surface area (Å²) in [4.78, 5) is 2.47. The molecular weight excluding hydrogens is 356 g/mol. The van der Waals surface area contributed by atoms with E-state index in [9.17, 15) is 0 Å². The standard InChI is InChI=1S/C18H29BrN2O2/c1-4-22-9-10-23-16-6-5-15(19)11-14(16)12-21-8-7-17(20)18(2,3)13-21/h5-6,11,17H,4,7-10,12-13,20H2,1-3H3. The molecule has 0 aliphatic carbocycles. The first-order valence-corrected chi connectivity index (χ1v) is 9.18. The zero-order valence-corrected chi connectivity index (χ0v) is 16.1. The number of likely N-dealkylation sites (tertiary alicyclic amines) is 1. The first-order chi connectivity index (χ1) is 10.9. The summed E-state index contributed by atoms with van der Waals surface area (Å²) in [5.41, 5.74) is 7.61. The second-order valence-corrected chi connectivity index (χ2v) is 7.81. The SMILES string of the molecule is CCOCCOc1ccc(Br)cc1CN1CCC(N)C(C)(C)C1. The van der Waals surface area contributed by atoms with Crippen LogP contribution in [0.25, 0.3) is 0 Å². The molecule has 0 aromatic heterocycles. The van der Waals surface area contributed by atoms with Crippen LogP contribution in [-0.4, -0.2) is 43.9 Å². The first kappa shape index (κ1) is 18.7. The fourth-order valence-electron chi connectivity index (χ4n) is 3.03. The van der Waals surface area contributed by atoms with Crippen LogP contribution in [-0.2, 0) is 11.3 Å². The summed E-state index contributed by atoms with van der Waals surface area (Å²) in [6.45, 7) is 11.4. The Hall–Kier alpha value is -0.620. The van der Waals surface area contributed by atoms with Crippen molar-refractivity contribution in [3.63, 3.8) is 0 Å². The zero-order valence-electron chi connectivity index (χ0n) is 14.5. The van der Waals surface area contributed by atoms with E-state index in [0.717, 1.165) is 42.9 Å². The van der Waals surface area contributed by atoms with Gasteiger partial charge in [-0.3, -0.25) is 4.90 Å². The van der Waals surface area contributed by atoms with Crippen LogP contribution >= 0.6 is 15.9 Å². The minimum absolute atomic E-state index is 0.153. The summed E-state index contributed by atoms with van der Waals surface area (Å²) in [6, 6.07) is 6.49. The van der Waals surface area contributed by atoms with E-state index in [1.807, 2.05) is 19.1 Å². The summed E-state index contributed by atoms with van der Waals surface area (Å²) in [5.74, 6) is 0.945. The fraction of sp³-hybridized carbons (Fsp3) is 0.667. The third-order valence-corrected chi connectivity index (χ3v) is 4.99. The van der Waals surface area contributed by atoms with Gasteiger partial charge in [0.2, 0.25) is 0 Å². The highest BCUT2D eigenvalue weighted by Crippen LogP contribution is 2.31. The lowest BCUT2D eigenvalue weighted by molar-refractivity contribution is 0.0873. The molecule has 1 atom stereocenters. The number of hydrogen-bond donors (Lipinski definition) is 1. The molecule has 0 radical (unpaired) electrons. The lowest BCUT2D eigenvalue weighted by Gasteiger charge is -2.42. The molecule has 0 bridgehead atoms. The minimum atomic E-state index is 0.153. The van der Waals surface area contributed by atoms with Crippen LogP contribution in [0.3, 0.4) is 0 Å². The van der Waals surface area contributed by atoms with E-state index in [0.29, 0.717) is 13.2 Å². The van der Waals surface area contributed by atoms with Crippen LogP contribution in [0.5, 0.6) is 5.75 Å². The number of benzene rings is 1. The normalized spacial score (nSPS) is 21.3. The van der Waals surface area contributed by atoms with Gasteiger partial charge in [-0.05, 0) is 37.0 Å². The van der Waals surface area contributed by atoms with Gasteiger partial charge >= 0.3 is 0 Å². The smallest absolute Gasteiger partial charge is 0.123 e. The van der Waals surface area contributed by atoms with Crippen molar-refractivity contribution < 1.29 is 9.47 Å². The molecule has 4 nitrogen and oxygen atoms in total. The van der Waals surface area contributed by atoms with Crippen molar-refractivity contribution >= 4 is 15.9 Å². The molecule has 23 heavy (non-hydrogen) atoms. The second-order valence-electron chi connectivity index (χ2n) is 6.89. The van der Waals surface area contributed by atoms with E-state index < -0.39 is 0 Å². The van der Waals surface area contributed by atoms with Gasteiger partial charge < -0.3 is 15.2 Å². The number of hydrogen-bond acceptors (Lipinski definition) is 4. The molecule has 2 rings (SSSR count). The molecule has 1 aromatic rings. The Bertz CT molecular complexity index is 508. The molecule has 5 heteroatoms. The number of nitrogens with zero attached hydrogens (tertiary/aromatic N) is 1. The highest BCUT2D eigenvalue weighted by molar-refractivity contribution is 9.10. The average molecular weight is 385 g/mol. The van der Waals surface area contributed by atoms with Crippen LogP contribution in [0.2, 0.25) is 0 Å². The zero-order chi connectivity index (χ0) is 16.9. The lowest BCUT2D eigenvalue weighted by Crippen LogP contribution is -2.52. The highest BCUT2D eigenvalue weighted by Gasteiger charge is 2.33.